The second-order valence-corrected chi connectivity index (χ2v) is 13.9. The normalized spacial score (nSPS) is 39.4. The lowest BCUT2D eigenvalue weighted by molar-refractivity contribution is -0.303. The molecule has 1 aliphatic heterocycles. The van der Waals surface area contributed by atoms with Crippen molar-refractivity contribution in [2.24, 2.45) is 22.7 Å². The van der Waals surface area contributed by atoms with E-state index in [1.54, 1.807) is 18.2 Å². The number of carbonyl (C=O) groups excluding carboxylic acids is 6. The SMILES string of the molecule is C=C1C(O)CC(OC(C)=O)C2(COC(=O)c3ccccc3)C(OC(C)=O)C(OC(C)=O)C3(O)C4(C)CC(=O)C(C(OC(C)=O)C12)C3(C)CO4. The molecule has 14 nitrogen and oxygen atoms in total. The second kappa shape index (κ2) is 12.6. The fourth-order valence-corrected chi connectivity index (χ4v) is 8.99. The van der Waals surface area contributed by atoms with Crippen LogP contribution in [0.2, 0.25) is 0 Å². The molecule has 0 aromatic heterocycles. The first-order chi connectivity index (χ1) is 22.8. The predicted molar refractivity (Wildman–Crippen MR) is 165 cm³/mol. The van der Waals surface area contributed by atoms with E-state index in [4.69, 9.17) is 28.4 Å². The van der Waals surface area contributed by atoms with Crippen molar-refractivity contribution in [2.75, 3.05) is 13.2 Å². The molecule has 1 aromatic carbocycles. The lowest BCUT2D eigenvalue weighted by Gasteiger charge is -2.64. The number of Topliss-reactive ketones (excluding diaryl/α,β-unsaturated/α-hetero) is 1. The highest BCUT2D eigenvalue weighted by molar-refractivity contribution is 5.89. The van der Waals surface area contributed by atoms with Crippen LogP contribution in [0.25, 0.3) is 0 Å². The third-order valence-corrected chi connectivity index (χ3v) is 10.9. The Morgan fingerprint density at radius 2 is 1.45 bits per heavy atom. The van der Waals surface area contributed by atoms with Gasteiger partial charge in [0.1, 0.15) is 35.8 Å². The highest BCUT2D eigenvalue weighted by Crippen LogP contribution is 2.67. The molecule has 0 radical (unpaired) electrons. The molecule has 0 spiro atoms. The molecule has 4 bridgehead atoms. The van der Waals surface area contributed by atoms with Crippen molar-refractivity contribution in [1.82, 2.24) is 0 Å². The highest BCUT2D eigenvalue weighted by atomic mass is 16.6. The number of ether oxygens (including phenoxy) is 6. The number of ketones is 1. The molecule has 0 amide bonds. The van der Waals surface area contributed by atoms with Crippen molar-refractivity contribution >= 4 is 35.6 Å². The molecule has 1 aromatic rings. The van der Waals surface area contributed by atoms with E-state index in [9.17, 15) is 39.0 Å². The number of aliphatic hydroxyl groups excluding tert-OH is 1. The molecule has 4 fully saturated rings. The quantitative estimate of drug-likeness (QED) is 0.238. The minimum absolute atomic E-state index is 0.0294. The Kier molecular flexibility index (Phi) is 9.32. The summed E-state index contributed by atoms with van der Waals surface area (Å²) < 4.78 is 35.9. The smallest absolute Gasteiger partial charge is 0.338 e. The van der Waals surface area contributed by atoms with Gasteiger partial charge in [0.2, 0.25) is 0 Å². The van der Waals surface area contributed by atoms with Gasteiger partial charge < -0.3 is 38.6 Å². The summed E-state index contributed by atoms with van der Waals surface area (Å²) >= 11 is 0. The average molecular weight is 687 g/mol. The maximum Gasteiger partial charge on any atom is 0.338 e. The number of benzene rings is 1. The molecule has 3 aliphatic carbocycles. The number of hydrogen-bond acceptors (Lipinski definition) is 14. The number of rotatable bonds is 7. The van der Waals surface area contributed by atoms with E-state index in [2.05, 4.69) is 6.58 Å². The predicted octanol–water partition coefficient (Wildman–Crippen LogP) is 1.62. The van der Waals surface area contributed by atoms with Crippen LogP contribution in [-0.4, -0.2) is 101 Å². The van der Waals surface area contributed by atoms with Gasteiger partial charge in [0.25, 0.3) is 0 Å². The van der Waals surface area contributed by atoms with Gasteiger partial charge in [-0.25, -0.2) is 4.79 Å². The lowest BCUT2D eigenvalue weighted by Crippen LogP contribution is -2.80. The molecule has 14 heteroatoms. The lowest BCUT2D eigenvalue weighted by atomic mass is 9.43. The summed E-state index contributed by atoms with van der Waals surface area (Å²) in [6, 6.07) is 7.85. The Labute approximate surface area is 283 Å². The zero-order valence-corrected chi connectivity index (χ0v) is 28.3. The molecular formula is C35H42O14. The Morgan fingerprint density at radius 1 is 0.878 bits per heavy atom. The van der Waals surface area contributed by atoms with Gasteiger partial charge in [-0.3, -0.25) is 24.0 Å². The van der Waals surface area contributed by atoms with Crippen molar-refractivity contribution in [3.63, 3.8) is 0 Å². The van der Waals surface area contributed by atoms with Crippen LogP contribution in [0, 0.1) is 22.7 Å². The molecular weight excluding hydrogens is 644 g/mol. The van der Waals surface area contributed by atoms with Crippen LogP contribution in [-0.2, 0) is 52.4 Å². The molecule has 4 aliphatic rings. The fourth-order valence-electron chi connectivity index (χ4n) is 8.99. The number of aliphatic hydroxyl groups is 2. The molecule has 11 atom stereocenters. The zero-order valence-electron chi connectivity index (χ0n) is 28.3. The fraction of sp³-hybridized carbons (Fsp3) is 0.600. The van der Waals surface area contributed by atoms with Crippen LogP contribution in [0.5, 0.6) is 0 Å². The molecule has 5 rings (SSSR count). The number of carbonyl (C=O) groups is 6. The first kappa shape index (κ1) is 36.1. The van der Waals surface area contributed by atoms with Crippen LogP contribution in [0.3, 0.4) is 0 Å². The summed E-state index contributed by atoms with van der Waals surface area (Å²) in [5.74, 6) is -7.79. The van der Waals surface area contributed by atoms with Crippen molar-refractivity contribution in [1.29, 1.82) is 0 Å². The molecule has 49 heavy (non-hydrogen) atoms. The summed E-state index contributed by atoms with van der Waals surface area (Å²) in [5.41, 5.74) is -7.79. The minimum atomic E-state index is -2.34. The van der Waals surface area contributed by atoms with Gasteiger partial charge in [-0.05, 0) is 24.6 Å². The standard InChI is InChI=1S/C35H42O14/c1-17-23(40)13-25(46-18(2)36)34(16-44-31(42)22-11-9-8-10-12-22)26(17)28(47-19(3)37)27-24(41)14-33(7)35(43,32(27,6)15-45-33)30(49-21(5)39)29(34)48-20(4)38/h8-12,23,25-30,40,43H,1,13-16H2,2-7H3. The van der Waals surface area contributed by atoms with Crippen molar-refractivity contribution in [3.8, 4) is 0 Å². The van der Waals surface area contributed by atoms with E-state index in [0.29, 0.717) is 0 Å². The van der Waals surface area contributed by atoms with E-state index in [1.165, 1.54) is 26.0 Å². The van der Waals surface area contributed by atoms with Crippen molar-refractivity contribution in [2.45, 2.75) is 96.1 Å². The summed E-state index contributed by atoms with van der Waals surface area (Å²) in [4.78, 5) is 79.7. The van der Waals surface area contributed by atoms with Crippen LogP contribution >= 0.6 is 0 Å². The molecule has 1 saturated heterocycles. The van der Waals surface area contributed by atoms with E-state index in [1.807, 2.05) is 0 Å². The molecule has 2 N–H and O–H groups in total. The van der Waals surface area contributed by atoms with Crippen LogP contribution in [0.15, 0.2) is 42.5 Å². The van der Waals surface area contributed by atoms with Gasteiger partial charge in [-0.1, -0.05) is 31.7 Å². The van der Waals surface area contributed by atoms with Crippen LogP contribution < -0.4 is 0 Å². The van der Waals surface area contributed by atoms with Gasteiger partial charge in [0.05, 0.1) is 29.6 Å². The second-order valence-electron chi connectivity index (χ2n) is 13.9. The maximum absolute atomic E-state index is 14.3. The summed E-state index contributed by atoms with van der Waals surface area (Å²) in [7, 11) is 0. The van der Waals surface area contributed by atoms with E-state index >= 15 is 0 Å². The summed E-state index contributed by atoms with van der Waals surface area (Å²) in [6.07, 6.45) is -9.09. The van der Waals surface area contributed by atoms with Crippen molar-refractivity contribution < 1.29 is 67.4 Å². The Morgan fingerprint density at radius 3 is 2.02 bits per heavy atom. The molecule has 1 heterocycles. The van der Waals surface area contributed by atoms with Gasteiger partial charge in [0, 0.05) is 51.9 Å². The molecule has 3 saturated carbocycles. The monoisotopic (exact) mass is 686 g/mol. The number of hydrogen-bond donors (Lipinski definition) is 2. The Balaban J connectivity index is 1.91. The van der Waals surface area contributed by atoms with E-state index in [0.717, 1.165) is 27.7 Å². The van der Waals surface area contributed by atoms with Gasteiger partial charge in [0.15, 0.2) is 12.2 Å². The van der Waals surface area contributed by atoms with E-state index in [-0.39, 0.29) is 17.7 Å². The third kappa shape index (κ3) is 5.53. The Hall–Kier alpha value is -4.14. The van der Waals surface area contributed by atoms with Crippen LogP contribution in [0.4, 0.5) is 0 Å². The zero-order chi connectivity index (χ0) is 36.3. The maximum atomic E-state index is 14.3. The Bertz CT molecular complexity index is 1570. The van der Waals surface area contributed by atoms with Crippen LogP contribution in [0.1, 0.15) is 64.7 Å². The largest absolute Gasteiger partial charge is 0.462 e. The van der Waals surface area contributed by atoms with Gasteiger partial charge >= 0.3 is 29.8 Å². The summed E-state index contributed by atoms with van der Waals surface area (Å²) in [5, 5.41) is 24.6. The number of esters is 5. The average Bonchev–Trinajstić information content (AvgIpc) is 3.12. The number of fused-ring (bicyclic) bond motifs is 1. The minimum Gasteiger partial charge on any atom is -0.462 e. The first-order valence-corrected chi connectivity index (χ1v) is 16.0. The van der Waals surface area contributed by atoms with Crippen molar-refractivity contribution in [3.05, 3.63) is 48.0 Å². The molecule has 11 unspecified atom stereocenters. The topological polar surface area (TPSA) is 198 Å². The highest BCUT2D eigenvalue weighted by Gasteiger charge is 2.83. The van der Waals surface area contributed by atoms with Gasteiger partial charge in [-0.2, -0.15) is 0 Å². The third-order valence-electron chi connectivity index (χ3n) is 10.9. The van der Waals surface area contributed by atoms with Gasteiger partial charge in [-0.15, -0.1) is 0 Å². The van der Waals surface area contributed by atoms with E-state index < -0.39 is 119 Å². The summed E-state index contributed by atoms with van der Waals surface area (Å²) in [6.45, 7) is 10.4. The first-order valence-electron chi connectivity index (χ1n) is 16.0. The molecule has 266 valence electrons.